The Morgan fingerprint density at radius 3 is 2.47 bits per heavy atom. The molecule has 2 rings (SSSR count). The van der Waals surface area contributed by atoms with Gasteiger partial charge in [-0.25, -0.2) is 0 Å². The second kappa shape index (κ2) is 3.60. The van der Waals surface area contributed by atoms with Crippen LogP contribution in [0.4, 0.5) is 0 Å². The average molecular weight is 281 g/mol. The third-order valence-corrected chi connectivity index (χ3v) is 5.62. The summed E-state index contributed by atoms with van der Waals surface area (Å²) in [6.07, 6.45) is 3.43. The number of halogens is 1. The molecule has 0 N–H and O–H groups in total. The van der Waals surface area contributed by atoms with Gasteiger partial charge in [0.2, 0.25) is 0 Å². The van der Waals surface area contributed by atoms with Crippen molar-refractivity contribution < 1.29 is 0 Å². The van der Waals surface area contributed by atoms with Crippen molar-refractivity contribution in [1.29, 1.82) is 0 Å². The normalized spacial score (nSPS) is 15.1. The lowest BCUT2D eigenvalue weighted by Gasteiger charge is -2.18. The maximum atomic E-state index is 3.70. The second-order valence-electron chi connectivity index (χ2n) is 5.45. The molecule has 0 heterocycles. The number of allylic oxidation sites excluding steroid dienone is 1. The molecule has 0 spiro atoms. The number of fused-ring (bicyclic) bond motifs is 1. The first-order valence-electron chi connectivity index (χ1n) is 5.38. The van der Waals surface area contributed by atoms with Crippen molar-refractivity contribution in [2.24, 2.45) is 0 Å². The predicted molar refractivity (Wildman–Crippen MR) is 74.5 cm³/mol. The van der Waals surface area contributed by atoms with Crippen LogP contribution in [0.2, 0.25) is 19.6 Å². The zero-order chi connectivity index (χ0) is 11.2. The standard InChI is InChI=1S/C13H17BrSi/c1-9-5-10-7-11(15(2,3)4)8-13(14)12(10)6-9/h6-8H,5H2,1-4H3. The fourth-order valence-electron chi connectivity index (χ4n) is 2.01. The number of hydrogen-bond donors (Lipinski definition) is 0. The van der Waals surface area contributed by atoms with Crippen LogP contribution in [-0.4, -0.2) is 8.07 Å². The van der Waals surface area contributed by atoms with Crippen molar-refractivity contribution in [2.75, 3.05) is 0 Å². The van der Waals surface area contributed by atoms with Crippen molar-refractivity contribution in [3.8, 4) is 0 Å². The zero-order valence-corrected chi connectivity index (χ0v) is 12.4. The van der Waals surface area contributed by atoms with Crippen LogP contribution in [-0.2, 0) is 6.42 Å². The molecule has 0 bridgehead atoms. The first kappa shape index (κ1) is 11.2. The third kappa shape index (κ3) is 2.11. The van der Waals surface area contributed by atoms with Crippen LogP contribution < -0.4 is 5.19 Å². The lowest BCUT2D eigenvalue weighted by molar-refractivity contribution is 1.20. The van der Waals surface area contributed by atoms with Crippen molar-refractivity contribution in [1.82, 2.24) is 0 Å². The Balaban J connectivity index is 2.54. The summed E-state index contributed by atoms with van der Waals surface area (Å²) in [6.45, 7) is 9.41. The van der Waals surface area contributed by atoms with Crippen molar-refractivity contribution >= 4 is 35.3 Å². The quantitative estimate of drug-likeness (QED) is 0.684. The molecule has 0 radical (unpaired) electrons. The molecule has 0 amide bonds. The van der Waals surface area contributed by atoms with E-state index in [-0.39, 0.29) is 0 Å². The molecule has 15 heavy (non-hydrogen) atoms. The maximum Gasteiger partial charge on any atom is 0.0776 e. The highest BCUT2D eigenvalue weighted by molar-refractivity contribution is 9.10. The minimum absolute atomic E-state index is 1.13. The van der Waals surface area contributed by atoms with E-state index in [0.717, 1.165) is 6.42 Å². The molecule has 0 saturated heterocycles. The predicted octanol–water partition coefficient (Wildman–Crippen LogP) is 3.95. The Hall–Kier alpha value is -0.343. The van der Waals surface area contributed by atoms with Gasteiger partial charge in [-0.1, -0.05) is 58.5 Å². The van der Waals surface area contributed by atoms with Crippen LogP contribution in [0.25, 0.3) is 6.08 Å². The van der Waals surface area contributed by atoms with Gasteiger partial charge in [0.25, 0.3) is 0 Å². The molecule has 1 aromatic rings. The molecule has 0 saturated carbocycles. The van der Waals surface area contributed by atoms with Gasteiger partial charge in [0.15, 0.2) is 0 Å². The smallest absolute Gasteiger partial charge is 0.0683 e. The summed E-state index contributed by atoms with van der Waals surface area (Å²) in [5.74, 6) is 0. The minimum atomic E-state index is -1.18. The molecular formula is C13H17BrSi. The Labute approximate surface area is 102 Å². The Bertz CT molecular complexity index is 439. The van der Waals surface area contributed by atoms with Crippen molar-refractivity contribution in [3.05, 3.63) is 33.3 Å². The molecule has 0 unspecified atom stereocenters. The summed E-state index contributed by atoms with van der Waals surface area (Å²) in [5, 5.41) is 1.55. The fraction of sp³-hybridized carbons (Fsp3) is 0.385. The van der Waals surface area contributed by atoms with Gasteiger partial charge in [-0.05, 0) is 30.5 Å². The summed E-state index contributed by atoms with van der Waals surface area (Å²) >= 11 is 3.70. The van der Waals surface area contributed by atoms with E-state index in [2.05, 4.69) is 60.7 Å². The molecule has 0 aliphatic heterocycles. The van der Waals surface area contributed by atoms with E-state index in [1.807, 2.05) is 0 Å². The second-order valence-corrected chi connectivity index (χ2v) is 11.4. The molecule has 0 nitrogen and oxygen atoms in total. The summed E-state index contributed by atoms with van der Waals surface area (Å²) in [6, 6.07) is 4.74. The highest BCUT2D eigenvalue weighted by Crippen LogP contribution is 2.30. The van der Waals surface area contributed by atoms with Crippen LogP contribution in [0, 0.1) is 0 Å². The third-order valence-electron chi connectivity index (χ3n) is 2.94. The molecule has 0 fully saturated rings. The Kier molecular flexibility index (Phi) is 2.68. The molecule has 0 aromatic heterocycles. The molecule has 80 valence electrons. The van der Waals surface area contributed by atoms with Crippen LogP contribution in [0.15, 0.2) is 22.2 Å². The highest BCUT2D eigenvalue weighted by Gasteiger charge is 2.21. The van der Waals surface area contributed by atoms with Crippen molar-refractivity contribution in [2.45, 2.75) is 33.0 Å². The van der Waals surface area contributed by atoms with Gasteiger partial charge in [-0.3, -0.25) is 0 Å². The molecule has 1 aliphatic carbocycles. The summed E-state index contributed by atoms with van der Waals surface area (Å²) in [5.41, 5.74) is 4.37. The van der Waals surface area contributed by atoms with E-state index in [4.69, 9.17) is 0 Å². The summed E-state index contributed by atoms with van der Waals surface area (Å²) in [7, 11) is -1.18. The Morgan fingerprint density at radius 1 is 1.20 bits per heavy atom. The van der Waals surface area contributed by atoms with Crippen LogP contribution >= 0.6 is 15.9 Å². The number of benzene rings is 1. The molecule has 0 atom stereocenters. The largest absolute Gasteiger partial charge is 0.0776 e. The van der Waals surface area contributed by atoms with E-state index in [0.29, 0.717) is 0 Å². The first-order chi connectivity index (χ1) is 6.88. The molecule has 1 aromatic carbocycles. The molecular weight excluding hydrogens is 264 g/mol. The lowest BCUT2D eigenvalue weighted by atomic mass is 10.1. The van der Waals surface area contributed by atoms with Crippen LogP contribution in [0.3, 0.4) is 0 Å². The van der Waals surface area contributed by atoms with E-state index >= 15 is 0 Å². The average Bonchev–Trinajstić information content (AvgIpc) is 2.44. The monoisotopic (exact) mass is 280 g/mol. The van der Waals surface area contributed by atoms with E-state index in [1.165, 1.54) is 21.2 Å². The van der Waals surface area contributed by atoms with Gasteiger partial charge in [-0.15, -0.1) is 0 Å². The lowest BCUT2D eigenvalue weighted by Crippen LogP contribution is -2.37. The van der Waals surface area contributed by atoms with Crippen molar-refractivity contribution in [3.63, 3.8) is 0 Å². The van der Waals surface area contributed by atoms with E-state index in [9.17, 15) is 0 Å². The van der Waals surface area contributed by atoms with E-state index in [1.54, 1.807) is 5.19 Å². The summed E-state index contributed by atoms with van der Waals surface area (Å²) in [4.78, 5) is 0. The first-order valence-corrected chi connectivity index (χ1v) is 9.67. The van der Waals surface area contributed by atoms with Gasteiger partial charge in [0, 0.05) is 4.47 Å². The maximum absolute atomic E-state index is 3.70. The SMILES string of the molecule is CC1=Cc2c(Br)cc([Si](C)(C)C)cc2C1. The van der Waals surface area contributed by atoms with E-state index < -0.39 is 8.07 Å². The minimum Gasteiger partial charge on any atom is -0.0683 e. The summed E-state index contributed by atoms with van der Waals surface area (Å²) < 4.78 is 1.27. The van der Waals surface area contributed by atoms with Gasteiger partial charge in [-0.2, -0.15) is 0 Å². The molecule has 1 aliphatic rings. The zero-order valence-electron chi connectivity index (χ0n) is 9.82. The highest BCUT2D eigenvalue weighted by atomic mass is 79.9. The topological polar surface area (TPSA) is 0 Å². The molecule has 2 heteroatoms. The van der Waals surface area contributed by atoms with Gasteiger partial charge < -0.3 is 0 Å². The van der Waals surface area contributed by atoms with Crippen LogP contribution in [0.1, 0.15) is 18.1 Å². The van der Waals surface area contributed by atoms with Gasteiger partial charge >= 0.3 is 0 Å². The van der Waals surface area contributed by atoms with Crippen LogP contribution in [0.5, 0.6) is 0 Å². The number of hydrogen-bond acceptors (Lipinski definition) is 0. The fourth-order valence-corrected chi connectivity index (χ4v) is 4.03. The Morgan fingerprint density at radius 2 is 1.87 bits per heavy atom. The van der Waals surface area contributed by atoms with Gasteiger partial charge in [0.05, 0.1) is 8.07 Å². The number of rotatable bonds is 1. The van der Waals surface area contributed by atoms with Gasteiger partial charge in [0.1, 0.15) is 0 Å².